The third-order valence-corrected chi connectivity index (χ3v) is 5.01. The zero-order chi connectivity index (χ0) is 19.6. The molecule has 1 heterocycles. The van der Waals surface area contributed by atoms with Gasteiger partial charge in [-0.2, -0.15) is 0 Å². The lowest BCUT2D eigenvalue weighted by Crippen LogP contribution is -2.45. The minimum absolute atomic E-state index is 0.131. The van der Waals surface area contributed by atoms with E-state index in [1.165, 1.54) is 14.2 Å². The van der Waals surface area contributed by atoms with Crippen LogP contribution in [0.4, 0.5) is 4.79 Å². The molecule has 2 amide bonds. The number of urea groups is 1. The van der Waals surface area contributed by atoms with Crippen molar-refractivity contribution in [2.75, 3.05) is 14.2 Å². The van der Waals surface area contributed by atoms with E-state index in [4.69, 9.17) is 9.47 Å². The Morgan fingerprint density at radius 2 is 1.85 bits per heavy atom. The minimum atomic E-state index is -0.840. The van der Waals surface area contributed by atoms with Crippen molar-refractivity contribution in [2.24, 2.45) is 0 Å². The third kappa shape index (κ3) is 3.48. The molecule has 2 aromatic carbocycles. The number of esters is 1. The van der Waals surface area contributed by atoms with Crippen LogP contribution in [0.5, 0.6) is 11.5 Å². The van der Waals surface area contributed by atoms with Gasteiger partial charge < -0.3 is 25.2 Å². The molecule has 7 nitrogen and oxygen atoms in total. The van der Waals surface area contributed by atoms with E-state index in [9.17, 15) is 14.7 Å². The van der Waals surface area contributed by atoms with Gasteiger partial charge in [-0.15, -0.1) is 0 Å². The molecule has 1 unspecified atom stereocenters. The van der Waals surface area contributed by atoms with Gasteiger partial charge in [0.1, 0.15) is 0 Å². The summed E-state index contributed by atoms with van der Waals surface area (Å²) in [5.41, 5.74) is 1.70. The summed E-state index contributed by atoms with van der Waals surface area (Å²) in [7, 11) is 2.70. The van der Waals surface area contributed by atoms with Crippen LogP contribution in [0.1, 0.15) is 17.2 Å². The molecule has 0 fully saturated rings. The highest BCUT2D eigenvalue weighted by Gasteiger charge is 2.35. The number of hydrogen-bond donors (Lipinski definition) is 3. The molecule has 0 saturated heterocycles. The lowest BCUT2D eigenvalue weighted by Gasteiger charge is -2.30. The topological polar surface area (TPSA) is 96.9 Å². The predicted molar refractivity (Wildman–Crippen MR) is 102 cm³/mol. The van der Waals surface area contributed by atoms with Crippen molar-refractivity contribution in [3.8, 4) is 11.5 Å². The van der Waals surface area contributed by atoms with Crippen molar-refractivity contribution >= 4 is 33.6 Å². The minimum Gasteiger partial charge on any atom is -0.503 e. The highest BCUT2D eigenvalue weighted by Crippen LogP contribution is 2.42. The monoisotopic (exact) mass is 432 g/mol. The Balaban J connectivity index is 2.23. The lowest BCUT2D eigenvalue weighted by molar-refractivity contribution is -0.136. The van der Waals surface area contributed by atoms with Gasteiger partial charge in [0.25, 0.3) is 0 Å². The molecule has 2 aromatic rings. The number of phenolic OH excluding ortho intramolecular Hbond substituents is 1. The Hall–Kier alpha value is -3.00. The molecule has 0 aliphatic carbocycles. The largest absolute Gasteiger partial charge is 0.503 e. The fourth-order valence-electron chi connectivity index (χ4n) is 2.91. The summed E-state index contributed by atoms with van der Waals surface area (Å²) in [6, 6.07) is 10.9. The maximum Gasteiger partial charge on any atom is 0.338 e. The van der Waals surface area contributed by atoms with Crippen molar-refractivity contribution in [1.82, 2.24) is 10.6 Å². The van der Waals surface area contributed by atoms with E-state index in [0.29, 0.717) is 21.3 Å². The summed E-state index contributed by atoms with van der Waals surface area (Å²) < 4.78 is 10.4. The van der Waals surface area contributed by atoms with Crippen LogP contribution < -0.4 is 15.4 Å². The van der Waals surface area contributed by atoms with Crippen molar-refractivity contribution in [3.05, 3.63) is 63.6 Å². The van der Waals surface area contributed by atoms with Gasteiger partial charge in [0.2, 0.25) is 0 Å². The van der Waals surface area contributed by atoms with Crippen LogP contribution in [0.3, 0.4) is 0 Å². The summed E-state index contributed by atoms with van der Waals surface area (Å²) in [6.07, 6.45) is 0. The number of hydrogen-bond acceptors (Lipinski definition) is 5. The Morgan fingerprint density at radius 3 is 2.48 bits per heavy atom. The number of nitrogens with one attached hydrogen (secondary N) is 2. The Kier molecular flexibility index (Phi) is 5.36. The second kappa shape index (κ2) is 7.71. The van der Waals surface area contributed by atoms with E-state index >= 15 is 0 Å². The zero-order valence-corrected chi connectivity index (χ0v) is 16.2. The van der Waals surface area contributed by atoms with E-state index < -0.39 is 18.0 Å². The van der Waals surface area contributed by atoms with E-state index in [0.717, 1.165) is 0 Å². The molecule has 8 heteroatoms. The standard InChI is InChI=1S/C19H17BrN2O5/c1-26-12-9-8-11(14(20)17(12)23)16-13(18(24)27-2)15(21-19(25)22-16)10-6-4-3-5-7-10/h3-9,16,23H,1-2H3,(H2,21,22,25). The van der Waals surface area contributed by atoms with Gasteiger partial charge in [-0.3, -0.25) is 0 Å². The number of phenols is 1. The number of ether oxygens (including phenoxy) is 2. The van der Waals surface area contributed by atoms with E-state index in [2.05, 4.69) is 26.6 Å². The Morgan fingerprint density at radius 1 is 1.15 bits per heavy atom. The molecule has 3 N–H and O–H groups in total. The summed E-state index contributed by atoms with van der Waals surface area (Å²) in [6.45, 7) is 0. The lowest BCUT2D eigenvalue weighted by atomic mass is 9.92. The fraction of sp³-hybridized carbons (Fsp3) is 0.158. The Bertz CT molecular complexity index is 927. The number of halogens is 1. The number of carbonyl (C=O) groups is 2. The summed E-state index contributed by atoms with van der Waals surface area (Å²) >= 11 is 3.33. The first-order chi connectivity index (χ1) is 13.0. The van der Waals surface area contributed by atoms with E-state index in [-0.39, 0.29) is 17.1 Å². The molecular formula is C19H17BrN2O5. The molecule has 0 aromatic heterocycles. The van der Waals surface area contributed by atoms with Crippen molar-refractivity contribution < 1.29 is 24.2 Å². The van der Waals surface area contributed by atoms with Crippen LogP contribution in [-0.2, 0) is 9.53 Å². The van der Waals surface area contributed by atoms with Gasteiger partial charge in [0.15, 0.2) is 11.5 Å². The second-order valence-electron chi connectivity index (χ2n) is 5.70. The van der Waals surface area contributed by atoms with Crippen LogP contribution in [-0.4, -0.2) is 31.3 Å². The van der Waals surface area contributed by atoms with E-state index in [1.54, 1.807) is 36.4 Å². The average Bonchev–Trinajstić information content (AvgIpc) is 2.69. The quantitative estimate of drug-likeness (QED) is 0.644. The van der Waals surface area contributed by atoms with Crippen molar-refractivity contribution in [2.45, 2.75) is 6.04 Å². The van der Waals surface area contributed by atoms with Crippen LogP contribution in [0, 0.1) is 0 Å². The van der Waals surface area contributed by atoms with Crippen LogP contribution in [0.25, 0.3) is 5.70 Å². The first-order valence-corrected chi connectivity index (χ1v) is 8.78. The van der Waals surface area contributed by atoms with Gasteiger partial charge in [-0.05, 0) is 33.1 Å². The molecule has 27 heavy (non-hydrogen) atoms. The van der Waals surface area contributed by atoms with Gasteiger partial charge in [-0.1, -0.05) is 36.4 Å². The second-order valence-corrected chi connectivity index (χ2v) is 6.49. The Labute approximate surface area is 164 Å². The predicted octanol–water partition coefficient (Wildman–Crippen LogP) is 3.10. The maximum absolute atomic E-state index is 12.6. The summed E-state index contributed by atoms with van der Waals surface area (Å²) in [4.78, 5) is 24.9. The SMILES string of the molecule is COC(=O)C1=C(c2ccccc2)NC(=O)NC1c1ccc(OC)c(O)c1Br. The van der Waals surface area contributed by atoms with E-state index in [1.807, 2.05) is 6.07 Å². The number of methoxy groups -OCH3 is 2. The van der Waals surface area contributed by atoms with Gasteiger partial charge in [0.05, 0.1) is 36.0 Å². The highest BCUT2D eigenvalue weighted by molar-refractivity contribution is 9.10. The molecule has 0 bridgehead atoms. The first-order valence-electron chi connectivity index (χ1n) is 7.98. The summed E-state index contributed by atoms with van der Waals surface area (Å²) in [5, 5.41) is 15.7. The van der Waals surface area contributed by atoms with Crippen LogP contribution >= 0.6 is 15.9 Å². The van der Waals surface area contributed by atoms with Crippen LogP contribution in [0.15, 0.2) is 52.5 Å². The number of benzene rings is 2. The van der Waals surface area contributed by atoms with Crippen molar-refractivity contribution in [3.63, 3.8) is 0 Å². The summed E-state index contributed by atoms with van der Waals surface area (Å²) in [5.74, 6) is -0.473. The molecule has 1 aliphatic rings. The molecule has 3 rings (SSSR count). The average molecular weight is 433 g/mol. The molecule has 140 valence electrons. The number of rotatable bonds is 4. The molecule has 1 atom stereocenters. The number of carbonyl (C=O) groups excluding carboxylic acids is 2. The number of aromatic hydroxyl groups is 1. The number of amides is 2. The zero-order valence-electron chi connectivity index (χ0n) is 14.6. The molecule has 0 saturated carbocycles. The van der Waals surface area contributed by atoms with Gasteiger partial charge >= 0.3 is 12.0 Å². The first kappa shape index (κ1) is 18.8. The third-order valence-electron chi connectivity index (χ3n) is 4.18. The van der Waals surface area contributed by atoms with Crippen molar-refractivity contribution in [1.29, 1.82) is 0 Å². The van der Waals surface area contributed by atoms with Gasteiger partial charge in [-0.25, -0.2) is 9.59 Å². The van der Waals surface area contributed by atoms with Crippen LogP contribution in [0.2, 0.25) is 0 Å². The molecule has 0 radical (unpaired) electrons. The van der Waals surface area contributed by atoms with Gasteiger partial charge in [0, 0.05) is 0 Å². The smallest absolute Gasteiger partial charge is 0.338 e. The molecule has 0 spiro atoms. The molecular weight excluding hydrogens is 416 g/mol. The maximum atomic E-state index is 12.6. The normalized spacial score (nSPS) is 16.4. The highest BCUT2D eigenvalue weighted by atomic mass is 79.9. The fourth-order valence-corrected chi connectivity index (χ4v) is 3.47. The molecule has 1 aliphatic heterocycles.